The zero-order chi connectivity index (χ0) is 15.1. The van der Waals surface area contributed by atoms with Crippen LogP contribution in [0.2, 0.25) is 0 Å². The van der Waals surface area contributed by atoms with Crippen molar-refractivity contribution in [2.24, 2.45) is 5.92 Å². The highest BCUT2D eigenvalue weighted by molar-refractivity contribution is 5.74. The lowest BCUT2D eigenvalue weighted by Gasteiger charge is -2.32. The standard InChI is InChI=1S/C15H21N3O3/c19-14(20)7-6-12-4-3-9-18(11-12)15(21)17-10-13-5-1-2-8-16-13/h1-2,5,8,12H,3-4,6-7,9-11H2,(H,17,21)(H,19,20). The van der Waals surface area contributed by atoms with Crippen LogP contribution >= 0.6 is 0 Å². The minimum atomic E-state index is -0.772. The molecule has 1 unspecified atom stereocenters. The summed E-state index contributed by atoms with van der Waals surface area (Å²) >= 11 is 0. The van der Waals surface area contributed by atoms with Gasteiger partial charge in [-0.05, 0) is 37.3 Å². The van der Waals surface area contributed by atoms with Crippen molar-refractivity contribution in [1.82, 2.24) is 15.2 Å². The van der Waals surface area contributed by atoms with Gasteiger partial charge < -0.3 is 15.3 Å². The normalized spacial score (nSPS) is 18.3. The molecule has 2 heterocycles. The predicted octanol–water partition coefficient (Wildman–Crippen LogP) is 1.87. The number of hydrogen-bond donors (Lipinski definition) is 2. The number of urea groups is 1. The lowest BCUT2D eigenvalue weighted by atomic mass is 9.93. The Morgan fingerprint density at radius 1 is 1.43 bits per heavy atom. The molecule has 0 bridgehead atoms. The molecule has 0 saturated carbocycles. The van der Waals surface area contributed by atoms with Crippen LogP contribution in [-0.2, 0) is 11.3 Å². The van der Waals surface area contributed by atoms with Crippen molar-refractivity contribution in [2.45, 2.75) is 32.2 Å². The first kappa shape index (κ1) is 15.3. The van der Waals surface area contributed by atoms with E-state index in [0.29, 0.717) is 19.5 Å². The quantitative estimate of drug-likeness (QED) is 0.867. The highest BCUT2D eigenvalue weighted by Gasteiger charge is 2.23. The van der Waals surface area contributed by atoms with Gasteiger partial charge in [0.05, 0.1) is 12.2 Å². The molecule has 2 N–H and O–H groups in total. The minimum absolute atomic E-state index is 0.0966. The van der Waals surface area contributed by atoms with Crippen LogP contribution in [0.5, 0.6) is 0 Å². The molecular formula is C15H21N3O3. The number of carboxylic acids is 1. The third-order valence-electron chi connectivity index (χ3n) is 3.72. The number of piperidine rings is 1. The largest absolute Gasteiger partial charge is 0.481 e. The summed E-state index contributed by atoms with van der Waals surface area (Å²) in [4.78, 5) is 28.7. The summed E-state index contributed by atoms with van der Waals surface area (Å²) in [6.45, 7) is 1.79. The van der Waals surface area contributed by atoms with Crippen molar-refractivity contribution in [1.29, 1.82) is 0 Å². The van der Waals surface area contributed by atoms with Crippen LogP contribution in [0.4, 0.5) is 4.79 Å². The van der Waals surface area contributed by atoms with Crippen LogP contribution in [-0.4, -0.2) is 40.1 Å². The maximum Gasteiger partial charge on any atom is 0.317 e. The Labute approximate surface area is 124 Å². The monoisotopic (exact) mass is 291 g/mol. The first-order valence-corrected chi connectivity index (χ1v) is 7.29. The smallest absolute Gasteiger partial charge is 0.317 e. The molecule has 0 radical (unpaired) electrons. The summed E-state index contributed by atoms with van der Waals surface area (Å²) in [5, 5.41) is 11.6. The van der Waals surface area contributed by atoms with Crippen molar-refractivity contribution in [3.8, 4) is 0 Å². The number of pyridine rings is 1. The van der Waals surface area contributed by atoms with Gasteiger partial charge in [0, 0.05) is 25.7 Å². The molecule has 1 aliphatic rings. The van der Waals surface area contributed by atoms with Crippen LogP contribution in [0.15, 0.2) is 24.4 Å². The van der Waals surface area contributed by atoms with E-state index in [4.69, 9.17) is 5.11 Å². The Kier molecular flexibility index (Phi) is 5.54. The average Bonchev–Trinajstić information content (AvgIpc) is 2.52. The summed E-state index contributed by atoms with van der Waals surface area (Å²) < 4.78 is 0. The molecule has 114 valence electrons. The van der Waals surface area contributed by atoms with Gasteiger partial charge >= 0.3 is 12.0 Å². The number of aliphatic carboxylic acids is 1. The molecule has 0 aromatic carbocycles. The van der Waals surface area contributed by atoms with Crippen LogP contribution in [0.1, 0.15) is 31.4 Å². The molecule has 2 amide bonds. The van der Waals surface area contributed by atoms with Crippen LogP contribution in [0.25, 0.3) is 0 Å². The Hall–Kier alpha value is -2.11. The number of amides is 2. The Balaban J connectivity index is 1.77. The molecule has 1 aromatic heterocycles. The molecule has 0 spiro atoms. The summed E-state index contributed by atoms with van der Waals surface area (Å²) in [6.07, 6.45) is 4.44. The Morgan fingerprint density at radius 2 is 2.29 bits per heavy atom. The van der Waals surface area contributed by atoms with Crippen LogP contribution < -0.4 is 5.32 Å². The van der Waals surface area contributed by atoms with Crippen molar-refractivity contribution in [3.05, 3.63) is 30.1 Å². The van der Waals surface area contributed by atoms with Gasteiger partial charge in [-0.2, -0.15) is 0 Å². The Morgan fingerprint density at radius 3 is 3.00 bits per heavy atom. The van der Waals surface area contributed by atoms with E-state index in [1.54, 1.807) is 11.1 Å². The average molecular weight is 291 g/mol. The number of carbonyl (C=O) groups is 2. The van der Waals surface area contributed by atoms with Crippen LogP contribution in [0.3, 0.4) is 0 Å². The highest BCUT2D eigenvalue weighted by atomic mass is 16.4. The van der Waals surface area contributed by atoms with E-state index >= 15 is 0 Å². The summed E-state index contributed by atoms with van der Waals surface area (Å²) in [6, 6.07) is 5.49. The van der Waals surface area contributed by atoms with Gasteiger partial charge in [-0.15, -0.1) is 0 Å². The van der Waals surface area contributed by atoms with Crippen molar-refractivity contribution in [3.63, 3.8) is 0 Å². The molecule has 1 saturated heterocycles. The van der Waals surface area contributed by atoms with E-state index in [9.17, 15) is 9.59 Å². The number of carboxylic acid groups (broad SMARTS) is 1. The van der Waals surface area contributed by atoms with Gasteiger partial charge in [0.2, 0.25) is 0 Å². The lowest BCUT2D eigenvalue weighted by Crippen LogP contribution is -2.45. The molecule has 6 nitrogen and oxygen atoms in total. The molecule has 2 rings (SSSR count). The second-order valence-corrected chi connectivity index (χ2v) is 5.37. The molecule has 1 atom stereocenters. The topological polar surface area (TPSA) is 82.5 Å². The van der Waals surface area contributed by atoms with Gasteiger partial charge in [-0.1, -0.05) is 6.07 Å². The number of rotatable bonds is 5. The number of hydrogen-bond acceptors (Lipinski definition) is 3. The van der Waals surface area contributed by atoms with E-state index in [1.807, 2.05) is 18.2 Å². The maximum atomic E-state index is 12.1. The zero-order valence-corrected chi connectivity index (χ0v) is 12.0. The molecule has 1 aliphatic heterocycles. The molecule has 6 heteroatoms. The third-order valence-corrected chi connectivity index (χ3v) is 3.72. The van der Waals surface area contributed by atoms with E-state index in [0.717, 1.165) is 25.1 Å². The third kappa shape index (κ3) is 5.06. The van der Waals surface area contributed by atoms with E-state index in [1.165, 1.54) is 0 Å². The van der Waals surface area contributed by atoms with E-state index in [-0.39, 0.29) is 18.4 Å². The molecule has 1 aromatic rings. The molecule has 21 heavy (non-hydrogen) atoms. The second-order valence-electron chi connectivity index (χ2n) is 5.37. The Bertz CT molecular complexity index is 478. The predicted molar refractivity (Wildman–Crippen MR) is 77.6 cm³/mol. The van der Waals surface area contributed by atoms with E-state index in [2.05, 4.69) is 10.3 Å². The fraction of sp³-hybridized carbons (Fsp3) is 0.533. The second kappa shape index (κ2) is 7.61. The molecule has 0 aliphatic carbocycles. The number of nitrogens with zero attached hydrogens (tertiary/aromatic N) is 2. The van der Waals surface area contributed by atoms with Crippen molar-refractivity contribution >= 4 is 12.0 Å². The first-order chi connectivity index (χ1) is 10.1. The number of carbonyl (C=O) groups excluding carboxylic acids is 1. The molecule has 1 fully saturated rings. The molecular weight excluding hydrogens is 270 g/mol. The van der Waals surface area contributed by atoms with Crippen molar-refractivity contribution in [2.75, 3.05) is 13.1 Å². The van der Waals surface area contributed by atoms with E-state index < -0.39 is 5.97 Å². The summed E-state index contributed by atoms with van der Waals surface area (Å²) in [5.74, 6) is -0.484. The van der Waals surface area contributed by atoms with Gasteiger partial charge in [-0.3, -0.25) is 9.78 Å². The maximum absolute atomic E-state index is 12.1. The number of likely N-dealkylation sites (tertiary alicyclic amines) is 1. The number of aromatic nitrogens is 1. The summed E-state index contributed by atoms with van der Waals surface area (Å²) in [5.41, 5.74) is 0.824. The zero-order valence-electron chi connectivity index (χ0n) is 12.0. The fourth-order valence-corrected chi connectivity index (χ4v) is 2.59. The van der Waals surface area contributed by atoms with Gasteiger partial charge in [0.15, 0.2) is 0 Å². The van der Waals surface area contributed by atoms with Crippen molar-refractivity contribution < 1.29 is 14.7 Å². The van der Waals surface area contributed by atoms with Gasteiger partial charge in [0.1, 0.15) is 0 Å². The minimum Gasteiger partial charge on any atom is -0.481 e. The summed E-state index contributed by atoms with van der Waals surface area (Å²) in [7, 11) is 0. The number of nitrogens with one attached hydrogen (secondary N) is 1. The fourth-order valence-electron chi connectivity index (χ4n) is 2.59. The first-order valence-electron chi connectivity index (χ1n) is 7.29. The van der Waals surface area contributed by atoms with Gasteiger partial charge in [0.25, 0.3) is 0 Å². The highest BCUT2D eigenvalue weighted by Crippen LogP contribution is 2.21. The van der Waals surface area contributed by atoms with Crippen LogP contribution in [0, 0.1) is 5.92 Å². The SMILES string of the molecule is O=C(O)CCC1CCCN(C(=O)NCc2ccccn2)C1. The van der Waals surface area contributed by atoms with Gasteiger partial charge in [-0.25, -0.2) is 4.79 Å². The lowest BCUT2D eigenvalue weighted by molar-refractivity contribution is -0.137.